The Labute approximate surface area is 271 Å². The summed E-state index contributed by atoms with van der Waals surface area (Å²) in [6, 6.07) is 8.45. The van der Waals surface area contributed by atoms with Crippen molar-refractivity contribution in [3.63, 3.8) is 0 Å². The number of hydrogen-bond acceptors (Lipinski definition) is 9. The van der Waals surface area contributed by atoms with Crippen LogP contribution < -0.4 is 5.32 Å². The van der Waals surface area contributed by atoms with Crippen LogP contribution in [-0.2, 0) is 31.5 Å². The van der Waals surface area contributed by atoms with E-state index in [1.54, 1.807) is 17.0 Å². The highest BCUT2D eigenvalue weighted by molar-refractivity contribution is 8.77. The summed E-state index contributed by atoms with van der Waals surface area (Å²) in [7, 11) is 1.87. The summed E-state index contributed by atoms with van der Waals surface area (Å²) in [5.74, 6) is -0.128. The van der Waals surface area contributed by atoms with Crippen LogP contribution in [0.4, 0.5) is 4.39 Å². The summed E-state index contributed by atoms with van der Waals surface area (Å²) in [4.78, 5) is 18.5. The highest BCUT2D eigenvalue weighted by atomic mass is 33.1. The number of ether oxygens (including phenoxy) is 1. The first-order chi connectivity index (χ1) is 21.4. The number of halogens is 1. The van der Waals surface area contributed by atoms with E-state index < -0.39 is 33.1 Å². The van der Waals surface area contributed by atoms with Gasteiger partial charge in [-0.15, -0.1) is 0 Å². The van der Waals surface area contributed by atoms with Crippen molar-refractivity contribution in [3.05, 3.63) is 73.2 Å². The van der Waals surface area contributed by atoms with Crippen LogP contribution in [0.25, 0.3) is 0 Å². The molecule has 13 heteroatoms. The number of imidazole rings is 1. The van der Waals surface area contributed by atoms with Crippen molar-refractivity contribution in [3.8, 4) is 0 Å². The van der Waals surface area contributed by atoms with Gasteiger partial charge in [-0.1, -0.05) is 46.4 Å². The Balaban J connectivity index is 1.44. The molecule has 0 radical (unpaired) electrons. The maximum atomic E-state index is 16.1. The van der Waals surface area contributed by atoms with Gasteiger partial charge in [-0.3, -0.25) is 4.79 Å². The number of benzene rings is 1. The van der Waals surface area contributed by atoms with Gasteiger partial charge in [0.1, 0.15) is 11.9 Å². The highest BCUT2D eigenvalue weighted by Crippen LogP contribution is 2.50. The lowest BCUT2D eigenvalue weighted by Gasteiger charge is -2.37. The summed E-state index contributed by atoms with van der Waals surface area (Å²) in [6.07, 6.45) is 4.46. The van der Waals surface area contributed by atoms with E-state index >= 15 is 4.39 Å². The Morgan fingerprint density at radius 3 is 2.70 bits per heavy atom. The zero-order chi connectivity index (χ0) is 32.7. The van der Waals surface area contributed by atoms with Crippen molar-refractivity contribution in [2.24, 2.45) is 0 Å². The fourth-order valence-corrected chi connectivity index (χ4v) is 9.31. The Morgan fingerprint density at radius 2 is 2.05 bits per heavy atom. The van der Waals surface area contributed by atoms with Crippen LogP contribution in [0.1, 0.15) is 55.4 Å². The number of aromatic nitrogens is 2. The molecule has 0 saturated carbocycles. The molecule has 2 aliphatic heterocycles. The smallest absolute Gasteiger partial charge is 0.259 e. The first-order valence-electron chi connectivity index (χ1n) is 15.4. The molecular weight excluding hydrogens is 620 g/mol. The van der Waals surface area contributed by atoms with Crippen LogP contribution in [0.5, 0.6) is 0 Å². The highest BCUT2D eigenvalue weighted by Gasteiger charge is 2.49. The third-order valence-corrected chi connectivity index (χ3v) is 12.5. The van der Waals surface area contributed by atoms with E-state index in [0.29, 0.717) is 13.0 Å². The Morgan fingerprint density at radius 1 is 1.30 bits per heavy atom. The Kier molecular flexibility index (Phi) is 11.8. The largest absolute Gasteiger partial charge is 0.349 e. The molecule has 2 aliphatic rings. The van der Waals surface area contributed by atoms with E-state index in [9.17, 15) is 4.79 Å². The lowest BCUT2D eigenvalue weighted by Crippen LogP contribution is -2.45. The molecule has 1 saturated heterocycles. The van der Waals surface area contributed by atoms with Gasteiger partial charge in [0.25, 0.3) is 14.4 Å². The van der Waals surface area contributed by atoms with E-state index in [4.69, 9.17) is 15.2 Å². The zero-order valence-corrected chi connectivity index (χ0v) is 28.8. The van der Waals surface area contributed by atoms with E-state index in [0.717, 1.165) is 12.1 Å². The molecule has 0 spiro atoms. The number of nitrogens with zero attached hydrogens (tertiary/aromatic N) is 4. The molecule has 1 N–H and O–H groups in total. The van der Waals surface area contributed by atoms with Crippen molar-refractivity contribution >= 4 is 36.0 Å². The fraction of sp³-hybridized carbons (Fsp3) is 0.548. The van der Waals surface area contributed by atoms with Gasteiger partial charge in [-0.25, -0.2) is 14.0 Å². The van der Waals surface area contributed by atoms with Gasteiger partial charge in [0.05, 0.1) is 19.0 Å². The van der Waals surface area contributed by atoms with Crippen molar-refractivity contribution in [1.29, 1.82) is 0 Å². The normalized spacial score (nSPS) is 23.6. The minimum atomic E-state index is -1.70. The predicted molar refractivity (Wildman–Crippen MR) is 177 cm³/mol. The molecule has 2 aromatic rings. The summed E-state index contributed by atoms with van der Waals surface area (Å²) in [6.45, 7) is 17.5. The SMILES string of the molecule is [2H]C[C@H]1O[C@@H](N2C=CC(=O)NC2=C)C(F)[C@H]1OP(OCCc1ccccc1SSC(C)(C)Cn1ccnc1)N(C(C)C)C(C)C. The summed E-state index contributed by atoms with van der Waals surface area (Å²) in [5, 5.41) is 2.57. The van der Waals surface area contributed by atoms with Crippen LogP contribution in [0.3, 0.4) is 0 Å². The molecule has 9 nitrogen and oxygen atoms in total. The van der Waals surface area contributed by atoms with Gasteiger partial charge in [0.2, 0.25) is 0 Å². The third-order valence-electron chi connectivity index (χ3n) is 6.99. The molecule has 1 aromatic heterocycles. The molecule has 1 fully saturated rings. The van der Waals surface area contributed by atoms with Crippen LogP contribution in [-0.4, -0.2) is 73.1 Å². The third kappa shape index (κ3) is 9.09. The number of rotatable bonds is 15. The van der Waals surface area contributed by atoms with Crippen LogP contribution >= 0.6 is 30.1 Å². The molecule has 0 bridgehead atoms. The molecule has 44 heavy (non-hydrogen) atoms. The number of carbonyl (C=O) groups is 1. The van der Waals surface area contributed by atoms with Gasteiger partial charge < -0.3 is 28.6 Å². The van der Waals surface area contributed by atoms with Crippen LogP contribution in [0.15, 0.2) is 72.6 Å². The monoisotopic (exact) mass is 666 g/mol. The van der Waals surface area contributed by atoms with Gasteiger partial charge in [-0.2, -0.15) is 0 Å². The number of amides is 1. The van der Waals surface area contributed by atoms with Crippen molar-refractivity contribution in [1.82, 2.24) is 24.4 Å². The van der Waals surface area contributed by atoms with E-state index in [1.807, 2.05) is 35.5 Å². The van der Waals surface area contributed by atoms with Crippen molar-refractivity contribution < 1.29 is 24.3 Å². The topological polar surface area (TPSA) is 81.1 Å². The van der Waals surface area contributed by atoms with E-state index in [1.165, 1.54) is 22.1 Å². The van der Waals surface area contributed by atoms with Gasteiger partial charge >= 0.3 is 0 Å². The van der Waals surface area contributed by atoms with Gasteiger partial charge in [-0.05, 0) is 66.5 Å². The molecule has 5 atom stereocenters. The molecule has 1 amide bonds. The molecule has 1 aromatic carbocycles. The second kappa shape index (κ2) is 15.6. The number of carbonyl (C=O) groups excluding carboxylic acids is 1. The minimum Gasteiger partial charge on any atom is -0.349 e. The average molecular weight is 667 g/mol. The van der Waals surface area contributed by atoms with Crippen LogP contribution in [0, 0.1) is 0 Å². The zero-order valence-electron chi connectivity index (χ0n) is 27.3. The second-order valence-corrected chi connectivity index (χ2v) is 16.2. The molecule has 0 aliphatic carbocycles. The maximum Gasteiger partial charge on any atom is 0.259 e. The maximum absolute atomic E-state index is 16.1. The lowest BCUT2D eigenvalue weighted by atomic mass is 10.1. The van der Waals surface area contributed by atoms with E-state index in [2.05, 4.69) is 79.8 Å². The Bertz CT molecular complexity index is 1300. The standard InChI is InChI=1S/C31H45FN5O4PS2/c1-21(2)37(22(3)4)42(41-29-23(5)40-30(28(29)32)36-16-13-27(38)34-24(36)6)39-18-14-25-11-9-10-12-26(25)43-44-31(7,8)19-35-17-15-33-20-35/h9-13,15-17,20-23,28-30H,6,14,18-19H2,1-5,7-8H3,(H,34,38)/t23-,28?,29+,30-,42?/m1/s1/i5D. The molecule has 242 valence electrons. The van der Waals surface area contributed by atoms with Crippen molar-refractivity contribution in [2.75, 3.05) is 6.61 Å². The summed E-state index contributed by atoms with van der Waals surface area (Å²) < 4.78 is 47.2. The first kappa shape index (κ1) is 33.4. The molecular formula is C31H45FN5O4PS2. The van der Waals surface area contributed by atoms with Crippen molar-refractivity contribution in [2.45, 2.75) is 108 Å². The van der Waals surface area contributed by atoms with Gasteiger partial charge in [0, 0.05) is 54.3 Å². The summed E-state index contributed by atoms with van der Waals surface area (Å²) >= 11 is 0. The van der Waals surface area contributed by atoms with Gasteiger partial charge in [0.15, 0.2) is 12.4 Å². The summed E-state index contributed by atoms with van der Waals surface area (Å²) in [5.41, 5.74) is 1.16. The molecule has 3 heterocycles. The Hall–Kier alpha value is -1.92. The number of nitrogens with one attached hydrogen (secondary N) is 1. The quantitative estimate of drug-likeness (QED) is 0.161. The first-order valence-corrected chi connectivity index (χ1v) is 18.0. The predicted octanol–water partition coefficient (Wildman–Crippen LogP) is 6.89. The second-order valence-electron chi connectivity index (χ2n) is 11.9. The number of hydrogen-bond donors (Lipinski definition) is 1. The van der Waals surface area contributed by atoms with Crippen LogP contribution in [0.2, 0.25) is 0 Å². The average Bonchev–Trinajstić information content (AvgIpc) is 3.59. The fourth-order valence-electron chi connectivity index (χ4n) is 5.03. The number of alkyl halides is 1. The lowest BCUT2D eigenvalue weighted by molar-refractivity contribution is -0.117. The minimum absolute atomic E-state index is 0.0212. The van der Waals surface area contributed by atoms with E-state index in [-0.39, 0.29) is 35.5 Å². The molecule has 2 unspecified atom stereocenters. The molecule has 4 rings (SSSR count).